The summed E-state index contributed by atoms with van der Waals surface area (Å²) >= 11 is 1.23. The number of nitriles is 1. The number of carbonyl (C=O) groups is 2. The molecule has 8 heteroatoms. The Morgan fingerprint density at radius 2 is 1.78 bits per heavy atom. The van der Waals surface area contributed by atoms with Crippen molar-refractivity contribution in [3.8, 4) is 23.0 Å². The monoisotopic (exact) mass is 442 g/mol. The van der Waals surface area contributed by atoms with E-state index in [0.29, 0.717) is 16.3 Å². The number of nitrogens with zero attached hydrogens (tertiary/aromatic N) is 3. The SMILES string of the molecule is CC(OC(=O)c1cn(-c2ccccc2)nc1-c1ccccc1)C(=O)Nc1sccc1C#N. The number of rotatable bonds is 6. The maximum absolute atomic E-state index is 13.0. The number of esters is 1. The van der Waals surface area contributed by atoms with Crippen LogP contribution in [0, 0.1) is 11.3 Å². The molecule has 0 spiro atoms. The van der Waals surface area contributed by atoms with E-state index in [2.05, 4.69) is 10.4 Å². The van der Waals surface area contributed by atoms with Gasteiger partial charge in [0.1, 0.15) is 22.3 Å². The van der Waals surface area contributed by atoms with E-state index in [4.69, 9.17) is 10.00 Å². The van der Waals surface area contributed by atoms with E-state index in [0.717, 1.165) is 11.3 Å². The van der Waals surface area contributed by atoms with E-state index in [-0.39, 0.29) is 5.56 Å². The zero-order chi connectivity index (χ0) is 22.5. The molecular weight excluding hydrogens is 424 g/mol. The van der Waals surface area contributed by atoms with Gasteiger partial charge < -0.3 is 10.1 Å². The number of para-hydroxylation sites is 1. The molecule has 1 N–H and O–H groups in total. The van der Waals surface area contributed by atoms with Crippen LogP contribution >= 0.6 is 11.3 Å². The molecule has 4 rings (SSSR count). The molecule has 0 aliphatic rings. The summed E-state index contributed by atoms with van der Waals surface area (Å²) in [4.78, 5) is 25.5. The van der Waals surface area contributed by atoms with E-state index < -0.39 is 18.0 Å². The smallest absolute Gasteiger partial charge is 0.342 e. The Bertz CT molecular complexity index is 1290. The average Bonchev–Trinajstić information content (AvgIpc) is 3.47. The lowest BCUT2D eigenvalue weighted by molar-refractivity contribution is -0.123. The lowest BCUT2D eigenvalue weighted by atomic mass is 10.1. The lowest BCUT2D eigenvalue weighted by Gasteiger charge is -2.13. The van der Waals surface area contributed by atoms with Gasteiger partial charge in [0.25, 0.3) is 5.91 Å². The van der Waals surface area contributed by atoms with Crippen molar-refractivity contribution in [2.45, 2.75) is 13.0 Å². The van der Waals surface area contributed by atoms with Crippen LogP contribution in [0.2, 0.25) is 0 Å². The van der Waals surface area contributed by atoms with Gasteiger partial charge in [0.05, 0.1) is 11.3 Å². The van der Waals surface area contributed by atoms with Crippen molar-refractivity contribution >= 4 is 28.2 Å². The number of anilines is 1. The molecule has 0 aliphatic carbocycles. The minimum absolute atomic E-state index is 0.244. The number of benzene rings is 2. The Morgan fingerprint density at radius 3 is 2.47 bits per heavy atom. The number of carbonyl (C=O) groups excluding carboxylic acids is 2. The van der Waals surface area contributed by atoms with Crippen LogP contribution in [0.1, 0.15) is 22.8 Å². The normalized spacial score (nSPS) is 11.4. The van der Waals surface area contributed by atoms with Crippen molar-refractivity contribution in [2.75, 3.05) is 5.32 Å². The number of amides is 1. The van der Waals surface area contributed by atoms with E-state index in [1.54, 1.807) is 22.3 Å². The van der Waals surface area contributed by atoms with Gasteiger partial charge in [-0.2, -0.15) is 10.4 Å². The molecule has 1 atom stereocenters. The molecule has 2 heterocycles. The van der Waals surface area contributed by atoms with Gasteiger partial charge in [0.15, 0.2) is 6.10 Å². The lowest BCUT2D eigenvalue weighted by Crippen LogP contribution is -2.30. The summed E-state index contributed by atoms with van der Waals surface area (Å²) in [6, 6.07) is 22.3. The summed E-state index contributed by atoms with van der Waals surface area (Å²) in [6.07, 6.45) is 0.525. The van der Waals surface area contributed by atoms with Gasteiger partial charge >= 0.3 is 5.97 Å². The molecule has 32 heavy (non-hydrogen) atoms. The summed E-state index contributed by atoms with van der Waals surface area (Å²) in [5.41, 5.74) is 2.60. The van der Waals surface area contributed by atoms with Crippen molar-refractivity contribution in [1.82, 2.24) is 9.78 Å². The third-order valence-corrected chi connectivity index (χ3v) is 5.51. The zero-order valence-corrected chi connectivity index (χ0v) is 17.9. The fraction of sp³-hybridized carbons (Fsp3) is 0.0833. The van der Waals surface area contributed by atoms with Gasteiger partial charge in [-0.3, -0.25) is 4.79 Å². The van der Waals surface area contributed by atoms with E-state index in [1.807, 2.05) is 66.7 Å². The highest BCUT2D eigenvalue weighted by Crippen LogP contribution is 2.25. The molecule has 0 radical (unpaired) electrons. The van der Waals surface area contributed by atoms with Crippen molar-refractivity contribution < 1.29 is 14.3 Å². The Morgan fingerprint density at radius 1 is 1.09 bits per heavy atom. The Hall–Kier alpha value is -4.22. The number of hydrogen-bond donors (Lipinski definition) is 1. The third kappa shape index (κ3) is 4.43. The van der Waals surface area contributed by atoms with Crippen molar-refractivity contribution in [3.05, 3.63) is 89.4 Å². The first kappa shape index (κ1) is 21.0. The molecule has 0 saturated heterocycles. The van der Waals surface area contributed by atoms with Gasteiger partial charge in [-0.15, -0.1) is 11.3 Å². The van der Waals surface area contributed by atoms with Crippen molar-refractivity contribution in [1.29, 1.82) is 5.26 Å². The van der Waals surface area contributed by atoms with Crippen LogP contribution in [0.25, 0.3) is 16.9 Å². The highest BCUT2D eigenvalue weighted by Gasteiger charge is 2.25. The van der Waals surface area contributed by atoms with Crippen LogP contribution < -0.4 is 5.32 Å². The molecule has 0 fully saturated rings. The molecule has 4 aromatic rings. The van der Waals surface area contributed by atoms with Crippen LogP contribution in [0.5, 0.6) is 0 Å². The molecule has 0 aliphatic heterocycles. The Kier molecular flexibility index (Phi) is 6.10. The number of ether oxygens (including phenoxy) is 1. The summed E-state index contributed by atoms with van der Waals surface area (Å²) in [5.74, 6) is -1.19. The van der Waals surface area contributed by atoms with E-state index in [1.165, 1.54) is 18.3 Å². The Balaban J connectivity index is 1.59. The van der Waals surface area contributed by atoms with Gasteiger partial charge in [-0.25, -0.2) is 9.48 Å². The molecule has 2 aromatic heterocycles. The second-order valence-corrected chi connectivity index (χ2v) is 7.77. The number of nitrogens with one attached hydrogen (secondary N) is 1. The fourth-order valence-corrected chi connectivity index (χ4v) is 3.77. The van der Waals surface area contributed by atoms with Crippen LogP contribution in [0.4, 0.5) is 5.00 Å². The van der Waals surface area contributed by atoms with Crippen LogP contribution in [-0.4, -0.2) is 27.8 Å². The number of hydrogen-bond acceptors (Lipinski definition) is 6. The maximum Gasteiger partial charge on any atom is 0.342 e. The molecule has 158 valence electrons. The van der Waals surface area contributed by atoms with Crippen LogP contribution in [0.3, 0.4) is 0 Å². The minimum atomic E-state index is -1.07. The second-order valence-electron chi connectivity index (χ2n) is 6.85. The average molecular weight is 443 g/mol. The van der Waals surface area contributed by atoms with Gasteiger partial charge in [0.2, 0.25) is 0 Å². The predicted octanol–water partition coefficient (Wildman–Crippen LogP) is 4.66. The summed E-state index contributed by atoms with van der Waals surface area (Å²) in [5, 5.41) is 18.4. The second kappa shape index (κ2) is 9.29. The maximum atomic E-state index is 13.0. The van der Waals surface area contributed by atoms with Crippen molar-refractivity contribution in [2.24, 2.45) is 0 Å². The highest BCUT2D eigenvalue weighted by molar-refractivity contribution is 7.14. The molecule has 0 saturated carbocycles. The first-order valence-electron chi connectivity index (χ1n) is 9.76. The predicted molar refractivity (Wildman–Crippen MR) is 122 cm³/mol. The van der Waals surface area contributed by atoms with Gasteiger partial charge in [-0.05, 0) is 30.5 Å². The first-order valence-corrected chi connectivity index (χ1v) is 10.6. The van der Waals surface area contributed by atoms with E-state index in [9.17, 15) is 9.59 Å². The molecule has 1 amide bonds. The largest absolute Gasteiger partial charge is 0.449 e. The molecule has 1 unspecified atom stereocenters. The summed E-state index contributed by atoms with van der Waals surface area (Å²) in [7, 11) is 0. The first-order chi connectivity index (χ1) is 15.6. The summed E-state index contributed by atoms with van der Waals surface area (Å²) < 4.78 is 7.05. The number of thiophene rings is 1. The Labute approximate surface area is 188 Å². The molecular formula is C24H18N4O3S. The van der Waals surface area contributed by atoms with E-state index >= 15 is 0 Å². The van der Waals surface area contributed by atoms with Gasteiger partial charge in [-0.1, -0.05) is 48.5 Å². The van der Waals surface area contributed by atoms with Gasteiger partial charge in [0, 0.05) is 11.8 Å². The number of aromatic nitrogens is 2. The fourth-order valence-electron chi connectivity index (χ4n) is 3.03. The minimum Gasteiger partial charge on any atom is -0.449 e. The molecule has 7 nitrogen and oxygen atoms in total. The van der Waals surface area contributed by atoms with Crippen LogP contribution in [-0.2, 0) is 9.53 Å². The molecule has 2 aromatic carbocycles. The van der Waals surface area contributed by atoms with Crippen LogP contribution in [0.15, 0.2) is 78.3 Å². The zero-order valence-electron chi connectivity index (χ0n) is 17.1. The third-order valence-electron chi connectivity index (χ3n) is 4.68. The topological polar surface area (TPSA) is 97.0 Å². The highest BCUT2D eigenvalue weighted by atomic mass is 32.1. The summed E-state index contributed by atoms with van der Waals surface area (Å²) in [6.45, 7) is 1.48. The quantitative estimate of drug-likeness (QED) is 0.438. The molecule has 0 bridgehead atoms. The standard InChI is InChI=1S/C24H18N4O3S/c1-16(22(29)26-23-18(14-25)12-13-32-23)31-24(30)20-15-28(19-10-6-3-7-11-19)27-21(20)17-8-4-2-5-9-17/h2-13,15-16H,1H3,(H,26,29). The van der Waals surface area contributed by atoms with Crippen molar-refractivity contribution in [3.63, 3.8) is 0 Å².